The first kappa shape index (κ1) is 20.0. The van der Waals surface area contributed by atoms with Gasteiger partial charge in [-0.15, -0.1) is 0 Å². The Balaban J connectivity index is 1.64. The van der Waals surface area contributed by atoms with Crippen molar-refractivity contribution in [1.29, 1.82) is 0 Å². The fourth-order valence-corrected chi connectivity index (χ4v) is 4.71. The predicted octanol–water partition coefficient (Wildman–Crippen LogP) is 2.00. The molecule has 1 N–H and O–H groups in total. The number of hydrogen-bond acceptors (Lipinski definition) is 5. The Morgan fingerprint density at radius 3 is 2.52 bits per heavy atom. The van der Waals surface area contributed by atoms with Gasteiger partial charge in [-0.1, -0.05) is 6.07 Å². The molecule has 0 bridgehead atoms. The van der Waals surface area contributed by atoms with E-state index in [9.17, 15) is 9.90 Å². The molecule has 0 saturated carbocycles. The number of hydrogen-bond donors (Lipinski definition) is 1. The van der Waals surface area contributed by atoms with E-state index in [2.05, 4.69) is 11.0 Å². The van der Waals surface area contributed by atoms with Gasteiger partial charge < -0.3 is 19.5 Å². The number of likely N-dealkylation sites (tertiary alicyclic amines) is 2. The summed E-state index contributed by atoms with van der Waals surface area (Å²) in [6, 6.07) is 5.95. The number of aliphatic hydroxyl groups excluding tert-OH is 1. The minimum Gasteiger partial charge on any atom is -0.497 e. The number of benzene rings is 1. The lowest BCUT2D eigenvalue weighted by atomic mass is 9.79. The van der Waals surface area contributed by atoms with Gasteiger partial charge in [0.05, 0.1) is 14.2 Å². The summed E-state index contributed by atoms with van der Waals surface area (Å²) in [7, 11) is 3.34. The highest BCUT2D eigenvalue weighted by molar-refractivity contribution is 5.73. The monoisotopic (exact) mass is 376 g/mol. The summed E-state index contributed by atoms with van der Waals surface area (Å²) in [5, 5.41) is 9.93. The van der Waals surface area contributed by atoms with Crippen molar-refractivity contribution < 1.29 is 19.4 Å². The molecule has 2 heterocycles. The normalized spacial score (nSPS) is 24.2. The summed E-state index contributed by atoms with van der Waals surface area (Å²) in [5.41, 5.74) is 1.14. The number of carbonyl (C=O) groups excluding carboxylic acids is 1. The number of methoxy groups -OCH3 is 2. The Bertz CT molecular complexity index is 643. The number of piperidine rings is 1. The fourth-order valence-electron chi connectivity index (χ4n) is 4.71. The van der Waals surface area contributed by atoms with Crippen LogP contribution in [0.25, 0.3) is 0 Å². The van der Waals surface area contributed by atoms with Crippen LogP contribution in [0.1, 0.15) is 25.3 Å². The number of aliphatic hydroxyl groups is 1. The second-order valence-electron chi connectivity index (χ2n) is 7.82. The molecule has 2 saturated heterocycles. The third-order valence-electron chi connectivity index (χ3n) is 6.28. The van der Waals surface area contributed by atoms with Gasteiger partial charge in [-0.05, 0) is 36.7 Å². The molecular weight excluding hydrogens is 344 g/mol. The van der Waals surface area contributed by atoms with Crippen molar-refractivity contribution in [3.05, 3.63) is 23.8 Å². The zero-order valence-corrected chi connectivity index (χ0v) is 16.7. The molecule has 0 aromatic heterocycles. The highest BCUT2D eigenvalue weighted by atomic mass is 16.5. The van der Waals surface area contributed by atoms with Crippen LogP contribution in [0.15, 0.2) is 18.2 Å². The Morgan fingerprint density at radius 1 is 1.19 bits per heavy atom. The first-order chi connectivity index (χ1) is 13.0. The van der Waals surface area contributed by atoms with E-state index in [0.29, 0.717) is 17.8 Å². The second-order valence-corrected chi connectivity index (χ2v) is 7.82. The first-order valence-electron chi connectivity index (χ1n) is 9.85. The SMILES string of the molecule is COc1ccc(CN2C[C@@H](CO)[C@H](C3CCN(C(C)=O)CC3)C2)c(OC)c1. The van der Waals surface area contributed by atoms with E-state index in [1.54, 1.807) is 21.1 Å². The summed E-state index contributed by atoms with van der Waals surface area (Å²) < 4.78 is 10.8. The maximum Gasteiger partial charge on any atom is 0.219 e. The molecule has 3 rings (SSSR count). The van der Waals surface area contributed by atoms with Crippen LogP contribution >= 0.6 is 0 Å². The molecule has 0 spiro atoms. The van der Waals surface area contributed by atoms with E-state index >= 15 is 0 Å². The zero-order valence-electron chi connectivity index (χ0n) is 16.7. The quantitative estimate of drug-likeness (QED) is 0.823. The molecule has 2 aliphatic heterocycles. The molecule has 1 aromatic carbocycles. The topological polar surface area (TPSA) is 62.2 Å². The van der Waals surface area contributed by atoms with Crippen LogP contribution in [0.5, 0.6) is 11.5 Å². The summed E-state index contributed by atoms with van der Waals surface area (Å²) >= 11 is 0. The van der Waals surface area contributed by atoms with Crippen LogP contribution in [-0.2, 0) is 11.3 Å². The lowest BCUT2D eigenvalue weighted by molar-refractivity contribution is -0.130. The summed E-state index contributed by atoms with van der Waals surface area (Å²) in [4.78, 5) is 15.9. The standard InChI is InChI=1S/C21H32N2O4/c1-15(25)23-8-6-16(7-9-23)20-13-22(12-18(20)14-24)11-17-4-5-19(26-2)10-21(17)27-3/h4-5,10,16,18,20,24H,6-9,11-14H2,1-3H3/t18-,20-/m0/s1. The molecule has 27 heavy (non-hydrogen) atoms. The predicted molar refractivity (Wildman–Crippen MR) is 104 cm³/mol. The summed E-state index contributed by atoms with van der Waals surface area (Å²) in [6.07, 6.45) is 2.08. The van der Waals surface area contributed by atoms with Gasteiger partial charge in [0.1, 0.15) is 11.5 Å². The minimum atomic E-state index is 0.173. The molecule has 0 radical (unpaired) electrons. The van der Waals surface area contributed by atoms with Crippen molar-refractivity contribution in [1.82, 2.24) is 9.80 Å². The molecule has 1 amide bonds. The third-order valence-corrected chi connectivity index (χ3v) is 6.28. The van der Waals surface area contributed by atoms with Crippen molar-refractivity contribution in [3.8, 4) is 11.5 Å². The number of carbonyl (C=O) groups is 1. The van der Waals surface area contributed by atoms with Gasteiger partial charge in [-0.25, -0.2) is 0 Å². The van der Waals surface area contributed by atoms with Crippen LogP contribution in [0.4, 0.5) is 0 Å². The van der Waals surface area contributed by atoms with Crippen molar-refractivity contribution in [3.63, 3.8) is 0 Å². The van der Waals surface area contributed by atoms with E-state index < -0.39 is 0 Å². The van der Waals surface area contributed by atoms with Gasteiger partial charge in [-0.3, -0.25) is 9.69 Å². The van der Waals surface area contributed by atoms with Gasteiger partial charge in [0.25, 0.3) is 0 Å². The first-order valence-corrected chi connectivity index (χ1v) is 9.85. The van der Waals surface area contributed by atoms with E-state index in [0.717, 1.165) is 62.6 Å². The van der Waals surface area contributed by atoms with Gasteiger partial charge in [0.2, 0.25) is 5.91 Å². The average molecular weight is 376 g/mol. The van der Waals surface area contributed by atoms with E-state index in [4.69, 9.17) is 9.47 Å². The fraction of sp³-hybridized carbons (Fsp3) is 0.667. The highest BCUT2D eigenvalue weighted by Gasteiger charge is 2.38. The molecule has 0 aliphatic carbocycles. The van der Waals surface area contributed by atoms with Gasteiger partial charge >= 0.3 is 0 Å². The Labute approximate surface area is 162 Å². The van der Waals surface area contributed by atoms with E-state index in [1.807, 2.05) is 17.0 Å². The third kappa shape index (κ3) is 4.55. The van der Waals surface area contributed by atoms with Crippen LogP contribution in [-0.4, -0.2) is 67.8 Å². The molecule has 0 unspecified atom stereocenters. The maximum atomic E-state index is 11.6. The van der Waals surface area contributed by atoms with Crippen molar-refractivity contribution in [2.24, 2.45) is 17.8 Å². The molecule has 2 fully saturated rings. The molecule has 150 valence electrons. The Hall–Kier alpha value is -1.79. The largest absolute Gasteiger partial charge is 0.497 e. The molecule has 6 heteroatoms. The highest BCUT2D eigenvalue weighted by Crippen LogP contribution is 2.37. The number of nitrogens with zero attached hydrogens (tertiary/aromatic N) is 2. The number of amides is 1. The van der Waals surface area contributed by atoms with E-state index in [1.165, 1.54) is 0 Å². The molecule has 2 atom stereocenters. The lowest BCUT2D eigenvalue weighted by Crippen LogP contribution is -2.40. The van der Waals surface area contributed by atoms with Crippen LogP contribution in [0, 0.1) is 17.8 Å². The molecule has 1 aromatic rings. The van der Waals surface area contributed by atoms with Crippen LogP contribution < -0.4 is 9.47 Å². The lowest BCUT2D eigenvalue weighted by Gasteiger charge is -2.36. The van der Waals surface area contributed by atoms with Gasteiger partial charge in [0, 0.05) is 57.9 Å². The average Bonchev–Trinajstić information content (AvgIpc) is 3.11. The van der Waals surface area contributed by atoms with Crippen molar-refractivity contribution in [2.75, 3.05) is 47.0 Å². The van der Waals surface area contributed by atoms with Gasteiger partial charge in [-0.2, -0.15) is 0 Å². The zero-order chi connectivity index (χ0) is 19.4. The number of rotatable bonds is 6. The molecular formula is C21H32N2O4. The second kappa shape index (κ2) is 8.93. The van der Waals surface area contributed by atoms with E-state index in [-0.39, 0.29) is 12.5 Å². The van der Waals surface area contributed by atoms with Gasteiger partial charge in [0.15, 0.2) is 0 Å². The van der Waals surface area contributed by atoms with Crippen LogP contribution in [0.3, 0.4) is 0 Å². The Morgan fingerprint density at radius 2 is 1.93 bits per heavy atom. The maximum absolute atomic E-state index is 11.6. The summed E-state index contributed by atoms with van der Waals surface area (Å²) in [6.45, 7) is 6.28. The van der Waals surface area contributed by atoms with Crippen LogP contribution in [0.2, 0.25) is 0 Å². The van der Waals surface area contributed by atoms with Crippen molar-refractivity contribution >= 4 is 5.91 Å². The summed E-state index contributed by atoms with van der Waals surface area (Å²) in [5.74, 6) is 3.19. The molecule has 6 nitrogen and oxygen atoms in total. The smallest absolute Gasteiger partial charge is 0.219 e. The number of ether oxygens (including phenoxy) is 2. The Kier molecular flexibility index (Phi) is 6.60. The van der Waals surface area contributed by atoms with Crippen molar-refractivity contribution in [2.45, 2.75) is 26.3 Å². The molecule has 2 aliphatic rings. The minimum absolute atomic E-state index is 0.173.